The number of rotatable bonds is 7. The van der Waals surface area contributed by atoms with E-state index in [9.17, 15) is 5.11 Å². The second kappa shape index (κ2) is 8.13. The van der Waals surface area contributed by atoms with Gasteiger partial charge in [-0.05, 0) is 24.3 Å². The molecule has 0 fully saturated rings. The summed E-state index contributed by atoms with van der Waals surface area (Å²) in [5, 5.41) is 12.7. The van der Waals surface area contributed by atoms with Crippen LogP contribution in [0.15, 0.2) is 28.7 Å². The van der Waals surface area contributed by atoms with E-state index in [2.05, 4.69) is 27.2 Å². The Hall–Kier alpha value is -1.02. The summed E-state index contributed by atoms with van der Waals surface area (Å²) < 4.78 is 6.43. The number of aliphatic hydroxyl groups excluding tert-OH is 1. The second-order valence-electron chi connectivity index (χ2n) is 3.58. The van der Waals surface area contributed by atoms with E-state index in [0.29, 0.717) is 19.5 Å². The number of hydrogen-bond acceptors (Lipinski definition) is 3. The molecule has 0 spiro atoms. The Morgan fingerprint density at radius 2 is 2.12 bits per heavy atom. The number of benzene rings is 1. The molecule has 0 amide bonds. The molecule has 1 aromatic rings. The lowest BCUT2D eigenvalue weighted by atomic mass is 10.3. The van der Waals surface area contributed by atoms with Crippen molar-refractivity contribution in [2.75, 3.05) is 19.7 Å². The number of ether oxygens (including phenoxy) is 1. The molecule has 1 aromatic carbocycles. The third-order valence-corrected chi connectivity index (χ3v) is 2.61. The summed E-state index contributed by atoms with van der Waals surface area (Å²) >= 11 is 3.34. The van der Waals surface area contributed by atoms with Crippen molar-refractivity contribution in [3.05, 3.63) is 28.7 Å². The van der Waals surface area contributed by atoms with Crippen LogP contribution in [-0.4, -0.2) is 30.9 Å². The van der Waals surface area contributed by atoms with Gasteiger partial charge in [-0.15, -0.1) is 12.3 Å². The monoisotopic (exact) mass is 297 g/mol. The van der Waals surface area contributed by atoms with E-state index >= 15 is 0 Å². The van der Waals surface area contributed by atoms with Gasteiger partial charge in [-0.3, -0.25) is 0 Å². The summed E-state index contributed by atoms with van der Waals surface area (Å²) in [6.45, 7) is 1.47. The molecule has 0 aromatic heterocycles. The van der Waals surface area contributed by atoms with E-state index in [1.54, 1.807) is 0 Å². The van der Waals surface area contributed by atoms with Crippen molar-refractivity contribution in [1.82, 2.24) is 5.32 Å². The van der Waals surface area contributed by atoms with Crippen LogP contribution < -0.4 is 10.1 Å². The fourth-order valence-electron chi connectivity index (χ4n) is 1.21. The highest BCUT2D eigenvalue weighted by Gasteiger charge is 2.04. The summed E-state index contributed by atoms with van der Waals surface area (Å²) in [6.07, 6.45) is 5.25. The number of aliphatic hydroxyl groups is 1. The van der Waals surface area contributed by atoms with Crippen LogP contribution in [0, 0.1) is 12.3 Å². The van der Waals surface area contributed by atoms with Crippen molar-refractivity contribution in [1.29, 1.82) is 0 Å². The molecule has 0 saturated carbocycles. The molecule has 0 saturated heterocycles. The first-order valence-corrected chi connectivity index (χ1v) is 6.22. The predicted molar refractivity (Wildman–Crippen MR) is 72.0 cm³/mol. The zero-order chi connectivity index (χ0) is 12.5. The van der Waals surface area contributed by atoms with Gasteiger partial charge in [0.1, 0.15) is 18.5 Å². The fourth-order valence-corrected chi connectivity index (χ4v) is 1.48. The predicted octanol–water partition coefficient (Wildman–Crippen LogP) is 1.80. The molecule has 0 heterocycles. The van der Waals surface area contributed by atoms with E-state index in [4.69, 9.17) is 11.2 Å². The minimum absolute atomic E-state index is 0.269. The average molecular weight is 298 g/mol. The minimum Gasteiger partial charge on any atom is -0.491 e. The first kappa shape index (κ1) is 14.0. The third-order valence-electron chi connectivity index (χ3n) is 2.08. The Kier molecular flexibility index (Phi) is 6.71. The summed E-state index contributed by atoms with van der Waals surface area (Å²) in [6, 6.07) is 7.49. The van der Waals surface area contributed by atoms with Crippen LogP contribution in [0.25, 0.3) is 0 Å². The Morgan fingerprint density at radius 1 is 1.41 bits per heavy atom. The molecular formula is C13H16BrNO2. The van der Waals surface area contributed by atoms with Crippen LogP contribution in [0.1, 0.15) is 6.42 Å². The zero-order valence-electron chi connectivity index (χ0n) is 9.53. The summed E-state index contributed by atoms with van der Waals surface area (Å²) in [5.41, 5.74) is 0. The average Bonchev–Trinajstić information content (AvgIpc) is 2.34. The molecule has 1 unspecified atom stereocenters. The summed E-state index contributed by atoms with van der Waals surface area (Å²) in [5.74, 6) is 3.27. The smallest absolute Gasteiger partial charge is 0.119 e. The highest BCUT2D eigenvalue weighted by atomic mass is 79.9. The molecule has 0 aliphatic rings. The lowest BCUT2D eigenvalue weighted by Gasteiger charge is -2.12. The molecule has 2 N–H and O–H groups in total. The third kappa shape index (κ3) is 6.32. The highest BCUT2D eigenvalue weighted by molar-refractivity contribution is 9.10. The number of nitrogens with one attached hydrogen (secondary N) is 1. The molecule has 0 radical (unpaired) electrons. The fraction of sp³-hybridized carbons (Fsp3) is 0.385. The van der Waals surface area contributed by atoms with Gasteiger partial charge in [0.05, 0.1) is 0 Å². The van der Waals surface area contributed by atoms with E-state index in [1.165, 1.54) is 0 Å². The lowest BCUT2D eigenvalue weighted by Crippen LogP contribution is -2.31. The molecule has 4 heteroatoms. The maximum Gasteiger partial charge on any atom is 0.119 e. The van der Waals surface area contributed by atoms with Gasteiger partial charge in [-0.1, -0.05) is 15.9 Å². The van der Waals surface area contributed by atoms with Crippen molar-refractivity contribution < 1.29 is 9.84 Å². The molecule has 1 rings (SSSR count). The number of hydrogen-bond donors (Lipinski definition) is 2. The standard InChI is InChI=1S/C13H16BrNO2/c1-2-3-8-15-9-12(16)10-17-13-6-4-11(14)5-7-13/h1,4-7,12,15-16H,3,8-10H2. The first-order chi connectivity index (χ1) is 8.22. The maximum atomic E-state index is 9.62. The van der Waals surface area contributed by atoms with E-state index in [-0.39, 0.29) is 6.61 Å². The Labute approximate surface area is 110 Å². The van der Waals surface area contributed by atoms with E-state index in [0.717, 1.165) is 10.2 Å². The van der Waals surface area contributed by atoms with Crippen LogP contribution >= 0.6 is 15.9 Å². The van der Waals surface area contributed by atoms with Gasteiger partial charge in [0.25, 0.3) is 0 Å². The maximum absolute atomic E-state index is 9.62. The first-order valence-electron chi connectivity index (χ1n) is 5.43. The molecule has 0 bridgehead atoms. The molecular weight excluding hydrogens is 282 g/mol. The zero-order valence-corrected chi connectivity index (χ0v) is 11.1. The van der Waals surface area contributed by atoms with Gasteiger partial charge >= 0.3 is 0 Å². The van der Waals surface area contributed by atoms with Crippen LogP contribution in [0.5, 0.6) is 5.75 Å². The highest BCUT2D eigenvalue weighted by Crippen LogP contribution is 2.16. The Balaban J connectivity index is 2.17. The van der Waals surface area contributed by atoms with Crippen molar-refractivity contribution in [3.8, 4) is 18.1 Å². The van der Waals surface area contributed by atoms with E-state index in [1.807, 2.05) is 24.3 Å². The van der Waals surface area contributed by atoms with Crippen molar-refractivity contribution >= 4 is 15.9 Å². The molecule has 92 valence electrons. The quantitative estimate of drug-likeness (QED) is 0.596. The second-order valence-corrected chi connectivity index (χ2v) is 4.49. The molecule has 3 nitrogen and oxygen atoms in total. The van der Waals surface area contributed by atoms with Gasteiger partial charge in [-0.2, -0.15) is 0 Å². The van der Waals surface area contributed by atoms with Crippen molar-refractivity contribution in [2.24, 2.45) is 0 Å². The van der Waals surface area contributed by atoms with Gasteiger partial charge in [0.15, 0.2) is 0 Å². The minimum atomic E-state index is -0.531. The van der Waals surface area contributed by atoms with E-state index < -0.39 is 6.10 Å². The normalized spacial score (nSPS) is 11.8. The summed E-state index contributed by atoms with van der Waals surface area (Å²) in [7, 11) is 0. The van der Waals surface area contributed by atoms with Crippen LogP contribution in [-0.2, 0) is 0 Å². The van der Waals surface area contributed by atoms with Crippen molar-refractivity contribution in [2.45, 2.75) is 12.5 Å². The molecule has 17 heavy (non-hydrogen) atoms. The van der Waals surface area contributed by atoms with Crippen LogP contribution in [0.3, 0.4) is 0 Å². The van der Waals surface area contributed by atoms with Gasteiger partial charge < -0.3 is 15.2 Å². The molecule has 0 aliphatic heterocycles. The largest absolute Gasteiger partial charge is 0.491 e. The van der Waals surface area contributed by atoms with Crippen LogP contribution in [0.4, 0.5) is 0 Å². The topological polar surface area (TPSA) is 41.5 Å². The number of halogens is 1. The lowest BCUT2D eigenvalue weighted by molar-refractivity contribution is 0.107. The van der Waals surface area contributed by atoms with Crippen molar-refractivity contribution in [3.63, 3.8) is 0 Å². The summed E-state index contributed by atoms with van der Waals surface area (Å²) in [4.78, 5) is 0. The van der Waals surface area contributed by atoms with Gasteiger partial charge in [-0.25, -0.2) is 0 Å². The molecule has 0 aliphatic carbocycles. The SMILES string of the molecule is C#CCCNCC(O)COc1ccc(Br)cc1. The Morgan fingerprint density at radius 3 is 2.76 bits per heavy atom. The van der Waals surface area contributed by atoms with Gasteiger partial charge in [0, 0.05) is 24.0 Å². The van der Waals surface area contributed by atoms with Crippen LogP contribution in [0.2, 0.25) is 0 Å². The van der Waals surface area contributed by atoms with Gasteiger partial charge in [0.2, 0.25) is 0 Å². The number of terminal acetylenes is 1. The Bertz CT molecular complexity index is 359. The molecule has 1 atom stereocenters.